The van der Waals surface area contributed by atoms with E-state index in [0.29, 0.717) is 18.6 Å². The highest BCUT2D eigenvalue weighted by atomic mass is 16.7. The van der Waals surface area contributed by atoms with E-state index >= 15 is 0 Å². The molecule has 1 unspecified atom stereocenters. The van der Waals surface area contributed by atoms with Gasteiger partial charge in [0.1, 0.15) is 0 Å². The number of para-hydroxylation sites is 1. The molecule has 22 heavy (non-hydrogen) atoms. The van der Waals surface area contributed by atoms with Crippen molar-refractivity contribution < 1.29 is 24.5 Å². The predicted molar refractivity (Wildman–Crippen MR) is 81.9 cm³/mol. The van der Waals surface area contributed by atoms with Crippen LogP contribution in [0.2, 0.25) is 0 Å². The van der Waals surface area contributed by atoms with E-state index in [9.17, 15) is 15.0 Å². The van der Waals surface area contributed by atoms with Crippen molar-refractivity contribution in [3.8, 4) is 11.5 Å². The molecule has 0 fully saturated rings. The SMILES string of the molecule is CCCOC1(OC)C=CC(C(=O)c2cccc(O)c2O)=CC1. The fraction of sp³-hybridized carbons (Fsp3) is 0.353. The molecule has 0 saturated carbocycles. The van der Waals surface area contributed by atoms with Crippen LogP contribution < -0.4 is 0 Å². The van der Waals surface area contributed by atoms with Gasteiger partial charge in [-0.15, -0.1) is 0 Å². The minimum atomic E-state index is -0.847. The van der Waals surface area contributed by atoms with Crippen molar-refractivity contribution in [2.45, 2.75) is 25.6 Å². The van der Waals surface area contributed by atoms with Gasteiger partial charge in [0.05, 0.1) is 12.2 Å². The Kier molecular flexibility index (Phi) is 5.00. The molecule has 118 valence electrons. The maximum Gasteiger partial charge on any atom is 0.196 e. The lowest BCUT2D eigenvalue weighted by Gasteiger charge is -2.30. The smallest absolute Gasteiger partial charge is 0.196 e. The van der Waals surface area contributed by atoms with E-state index in [1.807, 2.05) is 6.92 Å². The summed E-state index contributed by atoms with van der Waals surface area (Å²) in [6.45, 7) is 2.56. The first-order chi connectivity index (χ1) is 10.5. The molecule has 5 nitrogen and oxygen atoms in total. The molecule has 1 aromatic rings. The van der Waals surface area contributed by atoms with Gasteiger partial charge in [-0.1, -0.05) is 25.1 Å². The van der Waals surface area contributed by atoms with Gasteiger partial charge in [0.15, 0.2) is 23.1 Å². The quantitative estimate of drug-likeness (QED) is 0.480. The van der Waals surface area contributed by atoms with Crippen LogP contribution >= 0.6 is 0 Å². The molecule has 1 aliphatic rings. The number of phenolic OH excluding ortho intramolecular Hbond substituents is 2. The van der Waals surface area contributed by atoms with Crippen molar-refractivity contribution >= 4 is 5.78 Å². The summed E-state index contributed by atoms with van der Waals surface area (Å²) in [7, 11) is 1.56. The molecule has 0 saturated heterocycles. The van der Waals surface area contributed by atoms with E-state index in [4.69, 9.17) is 9.47 Å². The topological polar surface area (TPSA) is 76.0 Å². The summed E-state index contributed by atoms with van der Waals surface area (Å²) < 4.78 is 11.1. The number of allylic oxidation sites excluding steroid dienone is 2. The summed E-state index contributed by atoms with van der Waals surface area (Å²) in [6, 6.07) is 4.31. The van der Waals surface area contributed by atoms with E-state index in [0.717, 1.165) is 6.42 Å². The van der Waals surface area contributed by atoms with Crippen LogP contribution in [-0.2, 0) is 9.47 Å². The first kappa shape index (κ1) is 16.3. The van der Waals surface area contributed by atoms with E-state index in [-0.39, 0.29) is 17.1 Å². The highest BCUT2D eigenvalue weighted by molar-refractivity contribution is 6.12. The van der Waals surface area contributed by atoms with Crippen LogP contribution in [0.3, 0.4) is 0 Å². The summed E-state index contributed by atoms with van der Waals surface area (Å²) in [5, 5.41) is 19.3. The van der Waals surface area contributed by atoms with E-state index in [2.05, 4.69) is 0 Å². The largest absolute Gasteiger partial charge is 0.504 e. The van der Waals surface area contributed by atoms with E-state index in [1.165, 1.54) is 18.2 Å². The molecule has 0 bridgehead atoms. The summed E-state index contributed by atoms with van der Waals surface area (Å²) in [5.74, 6) is -1.93. The van der Waals surface area contributed by atoms with Crippen LogP contribution in [0, 0.1) is 0 Å². The number of aromatic hydroxyl groups is 2. The Balaban J connectivity index is 2.19. The number of Topliss-reactive ketones (excluding diaryl/α,β-unsaturated/α-hetero) is 1. The third-order valence-corrected chi connectivity index (χ3v) is 3.54. The predicted octanol–water partition coefficient (Wildman–Crippen LogP) is 2.94. The molecule has 1 aromatic carbocycles. The van der Waals surface area contributed by atoms with Crippen LogP contribution in [0.25, 0.3) is 0 Å². The molecule has 0 radical (unpaired) electrons. The Morgan fingerprint density at radius 1 is 1.36 bits per heavy atom. The minimum absolute atomic E-state index is 0.0651. The Bertz CT molecular complexity index is 617. The maximum absolute atomic E-state index is 12.4. The molecule has 0 amide bonds. The summed E-state index contributed by atoms with van der Waals surface area (Å²) in [5.41, 5.74) is 0.490. The van der Waals surface area contributed by atoms with Gasteiger partial charge in [0.2, 0.25) is 0 Å². The number of carbonyl (C=O) groups is 1. The third kappa shape index (κ3) is 3.21. The number of ether oxygens (including phenoxy) is 2. The van der Waals surface area contributed by atoms with Gasteiger partial charge in [-0.25, -0.2) is 0 Å². The van der Waals surface area contributed by atoms with Gasteiger partial charge in [-0.05, 0) is 24.6 Å². The Morgan fingerprint density at radius 2 is 2.14 bits per heavy atom. The lowest BCUT2D eigenvalue weighted by Crippen LogP contribution is -2.34. The van der Waals surface area contributed by atoms with E-state index < -0.39 is 11.5 Å². The number of benzene rings is 1. The summed E-state index contributed by atoms with van der Waals surface area (Å²) in [4.78, 5) is 12.4. The number of methoxy groups -OCH3 is 1. The average molecular weight is 304 g/mol. The van der Waals surface area contributed by atoms with E-state index in [1.54, 1.807) is 25.3 Å². The van der Waals surface area contributed by atoms with Crippen LogP contribution in [0.4, 0.5) is 0 Å². The molecule has 0 aromatic heterocycles. The highest BCUT2D eigenvalue weighted by Crippen LogP contribution is 2.32. The molecular weight excluding hydrogens is 284 g/mol. The summed E-state index contributed by atoms with van der Waals surface area (Å²) in [6.07, 6.45) is 6.31. The average Bonchev–Trinajstić information content (AvgIpc) is 2.55. The monoisotopic (exact) mass is 304 g/mol. The van der Waals surface area contributed by atoms with Crippen LogP contribution in [0.15, 0.2) is 42.0 Å². The second-order valence-corrected chi connectivity index (χ2v) is 5.06. The fourth-order valence-corrected chi connectivity index (χ4v) is 2.24. The van der Waals surface area contributed by atoms with Gasteiger partial charge in [-0.2, -0.15) is 0 Å². The Morgan fingerprint density at radius 3 is 2.73 bits per heavy atom. The number of carbonyl (C=O) groups excluding carboxylic acids is 1. The number of rotatable bonds is 6. The third-order valence-electron chi connectivity index (χ3n) is 3.54. The first-order valence-electron chi connectivity index (χ1n) is 7.17. The molecule has 2 N–H and O–H groups in total. The molecule has 0 spiro atoms. The second-order valence-electron chi connectivity index (χ2n) is 5.06. The molecule has 0 aliphatic heterocycles. The fourth-order valence-electron chi connectivity index (χ4n) is 2.24. The van der Waals surface area contributed by atoms with Crippen molar-refractivity contribution in [3.05, 3.63) is 47.6 Å². The number of hydrogen-bond acceptors (Lipinski definition) is 5. The number of ketones is 1. The minimum Gasteiger partial charge on any atom is -0.504 e. The Hall–Kier alpha value is -2.11. The van der Waals surface area contributed by atoms with Crippen molar-refractivity contribution in [1.29, 1.82) is 0 Å². The zero-order chi connectivity index (χ0) is 16.2. The highest BCUT2D eigenvalue weighted by Gasteiger charge is 2.30. The lowest BCUT2D eigenvalue weighted by molar-refractivity contribution is -0.186. The zero-order valence-electron chi connectivity index (χ0n) is 12.7. The van der Waals surface area contributed by atoms with Gasteiger partial charge < -0.3 is 19.7 Å². The Labute approximate surface area is 129 Å². The van der Waals surface area contributed by atoms with Gasteiger partial charge >= 0.3 is 0 Å². The molecular formula is C17H20O5. The summed E-state index contributed by atoms with van der Waals surface area (Å²) >= 11 is 0. The molecule has 5 heteroatoms. The lowest BCUT2D eigenvalue weighted by atomic mass is 9.95. The molecule has 1 atom stereocenters. The van der Waals surface area contributed by atoms with Gasteiger partial charge in [-0.3, -0.25) is 4.79 Å². The number of hydrogen-bond donors (Lipinski definition) is 2. The van der Waals surface area contributed by atoms with Crippen molar-refractivity contribution in [2.24, 2.45) is 0 Å². The van der Waals surface area contributed by atoms with Gasteiger partial charge in [0.25, 0.3) is 0 Å². The normalized spacial score (nSPS) is 20.7. The van der Waals surface area contributed by atoms with Crippen LogP contribution in [-0.4, -0.2) is 35.5 Å². The van der Waals surface area contributed by atoms with Crippen molar-refractivity contribution in [2.75, 3.05) is 13.7 Å². The molecule has 2 rings (SSSR count). The van der Waals surface area contributed by atoms with Crippen molar-refractivity contribution in [1.82, 2.24) is 0 Å². The molecule has 0 heterocycles. The first-order valence-corrected chi connectivity index (χ1v) is 7.17. The number of phenols is 2. The zero-order valence-corrected chi connectivity index (χ0v) is 12.7. The van der Waals surface area contributed by atoms with Crippen LogP contribution in [0.5, 0.6) is 11.5 Å². The van der Waals surface area contributed by atoms with Crippen molar-refractivity contribution in [3.63, 3.8) is 0 Å². The molecule has 1 aliphatic carbocycles. The standard InChI is InChI=1S/C17H20O5/c1-3-11-22-17(21-2)9-7-12(8-10-17)15(19)13-5-4-6-14(18)16(13)20/h4-9,18,20H,3,10-11H2,1-2H3. The second kappa shape index (κ2) is 6.77. The van der Waals surface area contributed by atoms with Gasteiger partial charge in [0, 0.05) is 19.1 Å². The van der Waals surface area contributed by atoms with Crippen LogP contribution in [0.1, 0.15) is 30.1 Å². The maximum atomic E-state index is 12.4.